The highest BCUT2D eigenvalue weighted by atomic mass is 16.5. The number of amides is 2. The SMILES string of the molecule is CN(CC=CC(=O)N1CCC(n2c(C(N)=O)c(-c3ccc(Oc4ccccc4)cc3)c3c(N)ncnc32)C1)C1CC1. The predicted molar refractivity (Wildman–Crippen MR) is 157 cm³/mol. The van der Waals surface area contributed by atoms with Crippen molar-refractivity contribution in [2.24, 2.45) is 5.73 Å². The summed E-state index contributed by atoms with van der Waals surface area (Å²) >= 11 is 0. The fourth-order valence-corrected chi connectivity index (χ4v) is 5.59. The molecule has 2 aromatic heterocycles. The van der Waals surface area contributed by atoms with Gasteiger partial charge in [-0.05, 0) is 56.1 Å². The van der Waals surface area contributed by atoms with Gasteiger partial charge >= 0.3 is 0 Å². The van der Waals surface area contributed by atoms with Crippen molar-refractivity contribution in [3.05, 3.63) is 78.8 Å². The van der Waals surface area contributed by atoms with Crippen molar-refractivity contribution < 1.29 is 14.3 Å². The summed E-state index contributed by atoms with van der Waals surface area (Å²) in [6.07, 6.45) is 8.05. The molecule has 2 amide bonds. The third kappa shape index (κ3) is 5.38. The number of anilines is 1. The Morgan fingerprint density at radius 1 is 1.05 bits per heavy atom. The third-order valence-corrected chi connectivity index (χ3v) is 7.83. The quantitative estimate of drug-likeness (QED) is 0.301. The molecule has 1 atom stereocenters. The first kappa shape index (κ1) is 26.5. The van der Waals surface area contributed by atoms with E-state index in [9.17, 15) is 9.59 Å². The van der Waals surface area contributed by atoms with Crippen molar-refractivity contribution in [1.29, 1.82) is 0 Å². The lowest BCUT2D eigenvalue weighted by Gasteiger charge is -2.18. The maximum Gasteiger partial charge on any atom is 0.266 e. The van der Waals surface area contributed by atoms with Crippen LogP contribution in [0.1, 0.15) is 35.8 Å². The van der Waals surface area contributed by atoms with Gasteiger partial charge < -0.3 is 25.7 Å². The lowest BCUT2D eigenvalue weighted by atomic mass is 10.0. The Hall–Kier alpha value is -4.70. The number of nitrogens with zero attached hydrogens (tertiary/aromatic N) is 5. The summed E-state index contributed by atoms with van der Waals surface area (Å²) in [4.78, 5) is 38.8. The highest BCUT2D eigenvalue weighted by molar-refractivity contribution is 6.12. The zero-order valence-corrected chi connectivity index (χ0v) is 22.9. The predicted octanol–water partition coefficient (Wildman–Crippen LogP) is 4.00. The van der Waals surface area contributed by atoms with Crippen LogP contribution < -0.4 is 16.2 Å². The Kier molecular flexibility index (Phi) is 7.15. The van der Waals surface area contributed by atoms with Gasteiger partial charge in [-0.2, -0.15) is 0 Å². The van der Waals surface area contributed by atoms with E-state index in [0.29, 0.717) is 53.6 Å². The summed E-state index contributed by atoms with van der Waals surface area (Å²) in [5.41, 5.74) is 14.5. The van der Waals surface area contributed by atoms with E-state index in [1.807, 2.05) is 65.2 Å². The van der Waals surface area contributed by atoms with Gasteiger partial charge in [0.2, 0.25) is 5.91 Å². The molecule has 4 N–H and O–H groups in total. The minimum atomic E-state index is -0.602. The Morgan fingerprint density at radius 3 is 2.49 bits per heavy atom. The van der Waals surface area contributed by atoms with E-state index in [1.165, 1.54) is 19.2 Å². The van der Waals surface area contributed by atoms with Crippen LogP contribution in [-0.4, -0.2) is 68.9 Å². The van der Waals surface area contributed by atoms with Crippen LogP contribution in [0.5, 0.6) is 11.5 Å². The van der Waals surface area contributed by atoms with Crippen LogP contribution in [0, 0.1) is 0 Å². The van der Waals surface area contributed by atoms with Crippen molar-refractivity contribution in [3.63, 3.8) is 0 Å². The number of hydrogen-bond acceptors (Lipinski definition) is 7. The highest BCUT2D eigenvalue weighted by Gasteiger charge is 2.34. The molecular weight excluding hydrogens is 518 g/mol. The van der Waals surface area contributed by atoms with Gasteiger partial charge in [0.25, 0.3) is 5.91 Å². The summed E-state index contributed by atoms with van der Waals surface area (Å²) in [5.74, 6) is 0.976. The minimum Gasteiger partial charge on any atom is -0.457 e. The van der Waals surface area contributed by atoms with Gasteiger partial charge in [0.1, 0.15) is 35.0 Å². The van der Waals surface area contributed by atoms with Crippen molar-refractivity contribution in [2.45, 2.75) is 31.3 Å². The lowest BCUT2D eigenvalue weighted by molar-refractivity contribution is -0.125. The second kappa shape index (κ2) is 11.1. The normalized spacial score (nSPS) is 17.1. The number of nitrogens with two attached hydrogens (primary N) is 2. The second-order valence-corrected chi connectivity index (χ2v) is 10.7. The van der Waals surface area contributed by atoms with Gasteiger partial charge in [0.15, 0.2) is 0 Å². The average Bonchev–Trinajstić information content (AvgIpc) is 3.60. The molecule has 0 radical (unpaired) electrons. The number of carbonyl (C=O) groups is 2. The van der Waals surface area contributed by atoms with E-state index in [-0.39, 0.29) is 17.8 Å². The number of rotatable bonds is 9. The average molecular weight is 552 g/mol. The molecule has 1 aliphatic heterocycles. The largest absolute Gasteiger partial charge is 0.457 e. The number of likely N-dealkylation sites (tertiary alicyclic amines) is 1. The monoisotopic (exact) mass is 551 g/mol. The molecule has 41 heavy (non-hydrogen) atoms. The van der Waals surface area contributed by atoms with Crippen molar-refractivity contribution in [1.82, 2.24) is 24.3 Å². The Morgan fingerprint density at radius 2 is 1.78 bits per heavy atom. The molecule has 10 heteroatoms. The van der Waals surface area contributed by atoms with Gasteiger partial charge in [-0.1, -0.05) is 36.4 Å². The molecule has 0 bridgehead atoms. The minimum absolute atomic E-state index is 0.0443. The molecule has 1 aliphatic carbocycles. The highest BCUT2D eigenvalue weighted by Crippen LogP contribution is 2.40. The number of likely N-dealkylation sites (N-methyl/N-ethyl adjacent to an activating group) is 1. The first-order valence-corrected chi connectivity index (χ1v) is 13.8. The molecular formula is C31H33N7O3. The molecule has 0 spiro atoms. The number of aromatic nitrogens is 3. The van der Waals surface area contributed by atoms with Gasteiger partial charge in [0.05, 0.1) is 11.4 Å². The maximum absolute atomic E-state index is 13.0. The number of primary amides is 1. The summed E-state index contributed by atoms with van der Waals surface area (Å²) in [6, 6.07) is 17.3. The van der Waals surface area contributed by atoms with E-state index in [4.69, 9.17) is 16.2 Å². The number of fused-ring (bicyclic) bond motifs is 1. The van der Waals surface area contributed by atoms with Gasteiger partial charge in [-0.25, -0.2) is 9.97 Å². The Labute approximate surface area is 238 Å². The van der Waals surface area contributed by atoms with Crippen LogP contribution >= 0.6 is 0 Å². The molecule has 4 aromatic rings. The number of carbonyl (C=O) groups excluding carboxylic acids is 2. The molecule has 10 nitrogen and oxygen atoms in total. The van der Waals surface area contributed by atoms with E-state index in [1.54, 1.807) is 11.0 Å². The molecule has 2 aliphatic rings. The smallest absolute Gasteiger partial charge is 0.266 e. The van der Waals surface area contributed by atoms with E-state index in [2.05, 4.69) is 21.9 Å². The van der Waals surface area contributed by atoms with Crippen LogP contribution in [0.25, 0.3) is 22.2 Å². The lowest BCUT2D eigenvalue weighted by Crippen LogP contribution is -2.29. The molecule has 1 saturated heterocycles. The zero-order chi connectivity index (χ0) is 28.5. The van der Waals surface area contributed by atoms with Gasteiger partial charge in [-0.3, -0.25) is 14.5 Å². The van der Waals surface area contributed by atoms with E-state index in [0.717, 1.165) is 17.9 Å². The number of benzene rings is 2. The Balaban J connectivity index is 1.31. The van der Waals surface area contributed by atoms with E-state index < -0.39 is 5.91 Å². The number of hydrogen-bond donors (Lipinski definition) is 2. The fourth-order valence-electron chi connectivity index (χ4n) is 5.59. The number of ether oxygens (including phenoxy) is 1. The van der Waals surface area contributed by atoms with Crippen LogP contribution in [-0.2, 0) is 4.79 Å². The van der Waals surface area contributed by atoms with E-state index >= 15 is 0 Å². The third-order valence-electron chi connectivity index (χ3n) is 7.83. The molecule has 1 unspecified atom stereocenters. The summed E-state index contributed by atoms with van der Waals surface area (Å²) in [6.45, 7) is 1.74. The molecule has 1 saturated carbocycles. The van der Waals surface area contributed by atoms with Crippen LogP contribution in [0.2, 0.25) is 0 Å². The molecule has 3 heterocycles. The van der Waals surface area contributed by atoms with Crippen LogP contribution in [0.4, 0.5) is 5.82 Å². The second-order valence-electron chi connectivity index (χ2n) is 10.7. The summed E-state index contributed by atoms with van der Waals surface area (Å²) in [7, 11) is 2.08. The maximum atomic E-state index is 13.0. The number of para-hydroxylation sites is 1. The van der Waals surface area contributed by atoms with Gasteiger partial charge in [-0.15, -0.1) is 0 Å². The van der Waals surface area contributed by atoms with Gasteiger partial charge in [0, 0.05) is 37.3 Å². The van der Waals surface area contributed by atoms with Crippen molar-refractivity contribution in [3.8, 4) is 22.6 Å². The van der Waals surface area contributed by atoms with Crippen molar-refractivity contribution >= 4 is 28.7 Å². The van der Waals surface area contributed by atoms with Crippen LogP contribution in [0.15, 0.2) is 73.1 Å². The fraction of sp³-hybridized carbons (Fsp3) is 0.290. The topological polar surface area (TPSA) is 133 Å². The first-order chi connectivity index (χ1) is 19.9. The molecule has 210 valence electrons. The van der Waals surface area contributed by atoms with Crippen molar-refractivity contribution in [2.75, 3.05) is 32.4 Å². The number of nitrogen functional groups attached to an aromatic ring is 1. The molecule has 6 rings (SSSR count). The molecule has 2 fully saturated rings. The standard InChI is InChI=1S/C31H33N7O3/c1-36(21-11-12-21)16-5-8-25(39)37-17-15-22(18-37)38-28(30(33)40)26(27-29(32)34-19-35-31(27)38)20-9-13-24(14-10-20)41-23-6-3-2-4-7-23/h2-10,13-14,19,21-22H,11-12,15-18H2,1H3,(H2,33,40)(H2,32,34,35). The van der Waals surface area contributed by atoms with Crippen LogP contribution in [0.3, 0.4) is 0 Å². The zero-order valence-electron chi connectivity index (χ0n) is 22.9. The Bertz CT molecular complexity index is 1610. The molecule has 2 aromatic carbocycles. The first-order valence-electron chi connectivity index (χ1n) is 13.8. The summed E-state index contributed by atoms with van der Waals surface area (Å²) in [5, 5.41) is 0.561. The summed E-state index contributed by atoms with van der Waals surface area (Å²) < 4.78 is 7.79.